The molecule has 1 aliphatic rings. The minimum Gasteiger partial charge on any atom is -0.325 e. The molecule has 0 bridgehead atoms. The zero-order chi connectivity index (χ0) is 12.5. The summed E-state index contributed by atoms with van der Waals surface area (Å²) in [5, 5.41) is 0. The van der Waals surface area contributed by atoms with Crippen molar-refractivity contribution in [3.8, 4) is 0 Å². The van der Waals surface area contributed by atoms with Gasteiger partial charge in [-0.05, 0) is 50.0 Å². The summed E-state index contributed by atoms with van der Waals surface area (Å²) in [7, 11) is 0. The minimum absolute atomic E-state index is 0.0311. The van der Waals surface area contributed by atoms with Crippen molar-refractivity contribution >= 4 is 0 Å². The van der Waals surface area contributed by atoms with Crippen molar-refractivity contribution in [2.75, 3.05) is 0 Å². The SMILES string of the molecule is Cc1cccc(CC2(N)CCC(C)(C)CC2)c1. The fraction of sp³-hybridized carbons (Fsp3) is 0.625. The van der Waals surface area contributed by atoms with Gasteiger partial charge in [-0.25, -0.2) is 0 Å². The lowest BCUT2D eigenvalue weighted by Gasteiger charge is -2.41. The van der Waals surface area contributed by atoms with E-state index in [0.29, 0.717) is 5.41 Å². The van der Waals surface area contributed by atoms with Gasteiger partial charge in [0.2, 0.25) is 0 Å². The quantitative estimate of drug-likeness (QED) is 0.822. The largest absolute Gasteiger partial charge is 0.325 e. The van der Waals surface area contributed by atoms with Crippen LogP contribution in [0.15, 0.2) is 24.3 Å². The third kappa shape index (κ3) is 3.32. The van der Waals surface area contributed by atoms with Gasteiger partial charge in [-0.2, -0.15) is 0 Å². The van der Waals surface area contributed by atoms with Crippen LogP contribution >= 0.6 is 0 Å². The predicted molar refractivity (Wildman–Crippen MR) is 74.1 cm³/mol. The molecule has 0 saturated heterocycles. The Hall–Kier alpha value is -0.820. The van der Waals surface area contributed by atoms with Crippen LogP contribution in [0.1, 0.15) is 50.7 Å². The second-order valence-corrected chi connectivity index (χ2v) is 6.69. The van der Waals surface area contributed by atoms with Gasteiger partial charge in [-0.1, -0.05) is 43.7 Å². The Morgan fingerprint density at radius 2 is 1.76 bits per heavy atom. The minimum atomic E-state index is 0.0311. The van der Waals surface area contributed by atoms with Gasteiger partial charge < -0.3 is 5.73 Å². The Bertz CT molecular complexity index is 382. The van der Waals surface area contributed by atoms with Crippen LogP contribution in [-0.2, 0) is 6.42 Å². The highest BCUT2D eigenvalue weighted by Crippen LogP contribution is 2.40. The third-order valence-corrected chi connectivity index (χ3v) is 4.24. The fourth-order valence-electron chi connectivity index (χ4n) is 2.83. The van der Waals surface area contributed by atoms with Crippen molar-refractivity contribution in [1.82, 2.24) is 0 Å². The average Bonchev–Trinajstić information content (AvgIpc) is 2.24. The van der Waals surface area contributed by atoms with Crippen molar-refractivity contribution < 1.29 is 0 Å². The first-order chi connectivity index (χ1) is 7.89. The maximum Gasteiger partial charge on any atom is 0.0195 e. The number of nitrogens with two attached hydrogens (primary N) is 1. The monoisotopic (exact) mass is 231 g/mol. The van der Waals surface area contributed by atoms with Crippen LogP contribution in [0.25, 0.3) is 0 Å². The molecule has 0 radical (unpaired) electrons. The summed E-state index contributed by atoms with van der Waals surface area (Å²) >= 11 is 0. The summed E-state index contributed by atoms with van der Waals surface area (Å²) in [4.78, 5) is 0. The van der Waals surface area contributed by atoms with Crippen molar-refractivity contribution in [2.24, 2.45) is 11.1 Å². The molecule has 0 unspecified atom stereocenters. The molecule has 1 aromatic rings. The average molecular weight is 231 g/mol. The number of hydrogen-bond acceptors (Lipinski definition) is 1. The van der Waals surface area contributed by atoms with Crippen LogP contribution in [0.4, 0.5) is 0 Å². The Kier molecular flexibility index (Phi) is 3.31. The van der Waals surface area contributed by atoms with E-state index in [0.717, 1.165) is 19.3 Å². The standard InChI is InChI=1S/C16H25N/c1-13-5-4-6-14(11-13)12-16(17)9-7-15(2,3)8-10-16/h4-6,11H,7-10,12,17H2,1-3H3. The molecule has 0 amide bonds. The van der Waals surface area contributed by atoms with E-state index in [1.807, 2.05) is 0 Å². The van der Waals surface area contributed by atoms with Gasteiger partial charge in [0.25, 0.3) is 0 Å². The highest BCUT2D eigenvalue weighted by molar-refractivity contribution is 5.24. The molecule has 1 aromatic carbocycles. The van der Waals surface area contributed by atoms with Crippen molar-refractivity contribution in [2.45, 2.75) is 58.4 Å². The Morgan fingerprint density at radius 1 is 1.12 bits per heavy atom. The zero-order valence-electron chi connectivity index (χ0n) is 11.4. The van der Waals surface area contributed by atoms with E-state index in [9.17, 15) is 0 Å². The molecule has 1 heteroatoms. The highest BCUT2D eigenvalue weighted by Gasteiger charge is 2.35. The van der Waals surface area contributed by atoms with Crippen LogP contribution in [0, 0.1) is 12.3 Å². The summed E-state index contributed by atoms with van der Waals surface area (Å²) in [5.74, 6) is 0. The van der Waals surface area contributed by atoms with Gasteiger partial charge in [-0.15, -0.1) is 0 Å². The molecule has 1 nitrogen and oxygen atoms in total. The lowest BCUT2D eigenvalue weighted by atomic mass is 9.68. The van der Waals surface area contributed by atoms with E-state index in [1.54, 1.807) is 0 Å². The molecule has 94 valence electrons. The van der Waals surface area contributed by atoms with E-state index >= 15 is 0 Å². The van der Waals surface area contributed by atoms with Gasteiger partial charge >= 0.3 is 0 Å². The van der Waals surface area contributed by atoms with Gasteiger partial charge in [0.1, 0.15) is 0 Å². The molecule has 0 heterocycles. The number of rotatable bonds is 2. The summed E-state index contributed by atoms with van der Waals surface area (Å²) in [5.41, 5.74) is 9.82. The molecular formula is C16H25N. The number of hydrogen-bond donors (Lipinski definition) is 1. The van der Waals surface area contributed by atoms with Crippen LogP contribution in [0.3, 0.4) is 0 Å². The maximum absolute atomic E-state index is 6.56. The molecule has 1 aliphatic carbocycles. The van der Waals surface area contributed by atoms with Crippen LogP contribution in [0.2, 0.25) is 0 Å². The first kappa shape index (κ1) is 12.6. The normalized spacial score (nSPS) is 22.4. The number of benzene rings is 1. The summed E-state index contributed by atoms with van der Waals surface area (Å²) in [6.45, 7) is 6.87. The van der Waals surface area contributed by atoms with Crippen molar-refractivity contribution in [1.29, 1.82) is 0 Å². The molecule has 1 saturated carbocycles. The molecule has 1 fully saturated rings. The Labute approximate surface area is 105 Å². The summed E-state index contributed by atoms with van der Waals surface area (Å²) in [6.07, 6.45) is 5.87. The van der Waals surface area contributed by atoms with Crippen molar-refractivity contribution in [3.63, 3.8) is 0 Å². The summed E-state index contributed by atoms with van der Waals surface area (Å²) in [6, 6.07) is 8.77. The molecule has 0 spiro atoms. The first-order valence-corrected chi connectivity index (χ1v) is 6.73. The van der Waals surface area contributed by atoms with Gasteiger partial charge in [0.05, 0.1) is 0 Å². The fourth-order valence-corrected chi connectivity index (χ4v) is 2.83. The summed E-state index contributed by atoms with van der Waals surface area (Å²) < 4.78 is 0. The molecule has 2 N–H and O–H groups in total. The molecule has 2 rings (SSSR count). The second-order valence-electron chi connectivity index (χ2n) is 6.69. The smallest absolute Gasteiger partial charge is 0.0195 e. The Morgan fingerprint density at radius 3 is 2.35 bits per heavy atom. The lowest BCUT2D eigenvalue weighted by Crippen LogP contribution is -2.46. The number of aryl methyl sites for hydroxylation is 1. The van der Waals surface area contributed by atoms with E-state index in [1.165, 1.54) is 24.0 Å². The highest BCUT2D eigenvalue weighted by atomic mass is 14.7. The Balaban J connectivity index is 2.04. The molecular weight excluding hydrogens is 206 g/mol. The molecule has 0 atom stereocenters. The maximum atomic E-state index is 6.56. The van der Waals surface area contributed by atoms with Gasteiger partial charge in [0, 0.05) is 5.54 Å². The molecule has 0 aliphatic heterocycles. The van der Waals surface area contributed by atoms with Crippen LogP contribution < -0.4 is 5.73 Å². The topological polar surface area (TPSA) is 26.0 Å². The van der Waals surface area contributed by atoms with Gasteiger partial charge in [-0.3, -0.25) is 0 Å². The van der Waals surface area contributed by atoms with Crippen LogP contribution in [0.5, 0.6) is 0 Å². The van der Waals surface area contributed by atoms with Crippen LogP contribution in [-0.4, -0.2) is 5.54 Å². The molecule has 17 heavy (non-hydrogen) atoms. The first-order valence-electron chi connectivity index (χ1n) is 6.73. The van der Waals surface area contributed by atoms with E-state index in [-0.39, 0.29) is 5.54 Å². The van der Waals surface area contributed by atoms with Gasteiger partial charge in [0.15, 0.2) is 0 Å². The third-order valence-electron chi connectivity index (χ3n) is 4.24. The predicted octanol–water partition coefficient (Wildman–Crippen LogP) is 3.84. The van der Waals surface area contributed by atoms with E-state index in [4.69, 9.17) is 5.73 Å². The molecule has 0 aromatic heterocycles. The van der Waals surface area contributed by atoms with Crippen molar-refractivity contribution in [3.05, 3.63) is 35.4 Å². The van der Waals surface area contributed by atoms with E-state index in [2.05, 4.69) is 45.0 Å². The zero-order valence-corrected chi connectivity index (χ0v) is 11.4. The van der Waals surface area contributed by atoms with E-state index < -0.39 is 0 Å². The second kappa shape index (κ2) is 4.45. The lowest BCUT2D eigenvalue weighted by molar-refractivity contribution is 0.164.